The van der Waals surface area contributed by atoms with Gasteiger partial charge in [0.1, 0.15) is 17.9 Å². The van der Waals surface area contributed by atoms with E-state index < -0.39 is 0 Å². The van der Waals surface area contributed by atoms with Crippen LogP contribution in [0.25, 0.3) is 0 Å². The Balaban J connectivity index is 2.04. The lowest BCUT2D eigenvalue weighted by Crippen LogP contribution is -2.31. The number of rotatable bonds is 5. The van der Waals surface area contributed by atoms with Crippen molar-refractivity contribution in [1.82, 2.24) is 5.32 Å². The number of hydrogen-bond acceptors (Lipinski definition) is 4. The maximum atomic E-state index is 11.5. The third-order valence-corrected chi connectivity index (χ3v) is 5.09. The third kappa shape index (κ3) is 3.82. The van der Waals surface area contributed by atoms with Crippen LogP contribution in [-0.4, -0.2) is 31.8 Å². The first-order valence-electron chi connectivity index (χ1n) is 7.65. The molecule has 0 radical (unpaired) electrons. The molecule has 1 aliphatic heterocycles. The predicted octanol–water partition coefficient (Wildman–Crippen LogP) is 3.42. The fourth-order valence-electron chi connectivity index (χ4n) is 2.52. The van der Waals surface area contributed by atoms with E-state index in [1.807, 2.05) is 6.07 Å². The Labute approximate surface area is 140 Å². The number of ether oxygens (including phenoxy) is 2. The van der Waals surface area contributed by atoms with Gasteiger partial charge in [-0.3, -0.25) is 4.79 Å². The van der Waals surface area contributed by atoms with E-state index in [4.69, 9.17) is 9.47 Å². The van der Waals surface area contributed by atoms with Gasteiger partial charge < -0.3 is 14.8 Å². The number of nitrogens with one attached hydrogen (secondary N) is 1. The normalized spacial score (nSPS) is 21.7. The number of esters is 1. The standard InChI is InChI=1S/C17H24BrNO3/c1-5-17(2,3)11-6-7-15(13(18)8-11)22-12-9-14(19-10-12)16(20)21-4/h6-8,12,14,19H,5,9-10H2,1-4H3/t12-,14+/m1/s1. The largest absolute Gasteiger partial charge is 0.488 e. The fourth-order valence-corrected chi connectivity index (χ4v) is 2.99. The molecule has 1 aliphatic rings. The zero-order valence-electron chi connectivity index (χ0n) is 13.6. The van der Waals surface area contributed by atoms with Crippen LogP contribution in [0.1, 0.15) is 39.2 Å². The van der Waals surface area contributed by atoms with Gasteiger partial charge in [-0.25, -0.2) is 0 Å². The number of carbonyl (C=O) groups excluding carboxylic acids is 1. The lowest BCUT2D eigenvalue weighted by Gasteiger charge is -2.24. The van der Waals surface area contributed by atoms with Gasteiger partial charge in [-0.2, -0.15) is 0 Å². The van der Waals surface area contributed by atoms with Gasteiger partial charge in [0.2, 0.25) is 0 Å². The predicted molar refractivity (Wildman–Crippen MR) is 90.3 cm³/mol. The van der Waals surface area contributed by atoms with Crippen molar-refractivity contribution in [3.05, 3.63) is 28.2 Å². The van der Waals surface area contributed by atoms with E-state index in [-0.39, 0.29) is 23.5 Å². The van der Waals surface area contributed by atoms with Crippen LogP contribution in [-0.2, 0) is 14.9 Å². The maximum absolute atomic E-state index is 11.5. The lowest BCUT2D eigenvalue weighted by atomic mass is 9.82. The summed E-state index contributed by atoms with van der Waals surface area (Å²) in [4.78, 5) is 11.5. The molecule has 5 heteroatoms. The molecule has 0 bridgehead atoms. The van der Waals surface area contributed by atoms with Gasteiger partial charge >= 0.3 is 5.97 Å². The van der Waals surface area contributed by atoms with Gasteiger partial charge in [-0.05, 0) is 45.5 Å². The second-order valence-electron chi connectivity index (χ2n) is 6.34. The summed E-state index contributed by atoms with van der Waals surface area (Å²) in [7, 11) is 1.41. The van der Waals surface area contributed by atoms with Crippen molar-refractivity contribution in [2.24, 2.45) is 0 Å². The molecule has 1 heterocycles. The van der Waals surface area contributed by atoms with Crippen LogP contribution < -0.4 is 10.1 Å². The number of methoxy groups -OCH3 is 1. The van der Waals surface area contributed by atoms with Crippen LogP contribution in [0.15, 0.2) is 22.7 Å². The molecule has 2 rings (SSSR count). The maximum Gasteiger partial charge on any atom is 0.323 e. The van der Waals surface area contributed by atoms with Crippen LogP contribution in [0.2, 0.25) is 0 Å². The highest BCUT2D eigenvalue weighted by Gasteiger charge is 2.31. The molecule has 1 N–H and O–H groups in total. The minimum atomic E-state index is -0.271. The smallest absolute Gasteiger partial charge is 0.323 e. The molecule has 0 amide bonds. The Hall–Kier alpha value is -1.07. The van der Waals surface area contributed by atoms with Crippen LogP contribution in [0.4, 0.5) is 0 Å². The van der Waals surface area contributed by atoms with Crippen molar-refractivity contribution in [2.45, 2.75) is 51.2 Å². The molecule has 0 spiro atoms. The Morgan fingerprint density at radius 1 is 1.45 bits per heavy atom. The summed E-state index contributed by atoms with van der Waals surface area (Å²) in [5, 5.41) is 3.13. The molecule has 1 saturated heterocycles. The quantitative estimate of drug-likeness (QED) is 0.807. The van der Waals surface area contributed by atoms with Crippen molar-refractivity contribution in [3.8, 4) is 5.75 Å². The van der Waals surface area contributed by atoms with Gasteiger partial charge in [-0.1, -0.05) is 26.8 Å². The molecular weight excluding hydrogens is 346 g/mol. The molecule has 122 valence electrons. The first-order chi connectivity index (χ1) is 10.4. The number of halogens is 1. The van der Waals surface area contributed by atoms with Crippen molar-refractivity contribution in [2.75, 3.05) is 13.7 Å². The van der Waals surface area contributed by atoms with Crippen molar-refractivity contribution >= 4 is 21.9 Å². The van der Waals surface area contributed by atoms with Gasteiger partial charge in [0.25, 0.3) is 0 Å². The molecular formula is C17H24BrNO3. The van der Waals surface area contributed by atoms with E-state index in [2.05, 4.69) is 54.2 Å². The summed E-state index contributed by atoms with van der Waals surface area (Å²) in [5.41, 5.74) is 1.43. The highest BCUT2D eigenvalue weighted by molar-refractivity contribution is 9.10. The van der Waals surface area contributed by atoms with Gasteiger partial charge in [0, 0.05) is 13.0 Å². The highest BCUT2D eigenvalue weighted by Crippen LogP contribution is 2.34. The van der Waals surface area contributed by atoms with Crippen LogP contribution in [0, 0.1) is 0 Å². The van der Waals surface area contributed by atoms with Crippen LogP contribution in [0.5, 0.6) is 5.75 Å². The molecule has 4 nitrogen and oxygen atoms in total. The molecule has 1 aromatic carbocycles. The second kappa shape index (κ2) is 7.01. The summed E-state index contributed by atoms with van der Waals surface area (Å²) in [6, 6.07) is 5.97. The third-order valence-electron chi connectivity index (χ3n) is 4.47. The minimum Gasteiger partial charge on any atom is -0.488 e. The highest BCUT2D eigenvalue weighted by atomic mass is 79.9. The van der Waals surface area contributed by atoms with Crippen molar-refractivity contribution in [3.63, 3.8) is 0 Å². The summed E-state index contributed by atoms with van der Waals surface area (Å²) >= 11 is 3.60. The minimum absolute atomic E-state index is 0.0227. The van der Waals surface area contributed by atoms with Crippen LogP contribution in [0.3, 0.4) is 0 Å². The monoisotopic (exact) mass is 369 g/mol. The zero-order chi connectivity index (χ0) is 16.3. The molecule has 1 fully saturated rings. The topological polar surface area (TPSA) is 47.6 Å². The Morgan fingerprint density at radius 2 is 2.18 bits per heavy atom. The molecule has 1 aromatic rings. The summed E-state index contributed by atoms with van der Waals surface area (Å²) in [5.74, 6) is 0.582. The van der Waals surface area contributed by atoms with Crippen molar-refractivity contribution < 1.29 is 14.3 Å². The van der Waals surface area contributed by atoms with E-state index in [9.17, 15) is 4.79 Å². The zero-order valence-corrected chi connectivity index (χ0v) is 15.2. The molecule has 2 atom stereocenters. The molecule has 0 aromatic heterocycles. The summed E-state index contributed by atoms with van der Waals surface area (Å²) in [6.45, 7) is 7.30. The van der Waals surface area contributed by atoms with E-state index >= 15 is 0 Å². The summed E-state index contributed by atoms with van der Waals surface area (Å²) < 4.78 is 11.7. The fraction of sp³-hybridized carbons (Fsp3) is 0.588. The van der Waals surface area contributed by atoms with Crippen molar-refractivity contribution in [1.29, 1.82) is 0 Å². The average molecular weight is 370 g/mol. The van der Waals surface area contributed by atoms with Crippen LogP contribution >= 0.6 is 15.9 Å². The SMILES string of the molecule is CCC(C)(C)c1ccc(O[C@H]2CN[C@H](C(=O)OC)C2)c(Br)c1. The number of hydrogen-bond donors (Lipinski definition) is 1. The Bertz CT molecular complexity index is 545. The summed E-state index contributed by atoms with van der Waals surface area (Å²) in [6.07, 6.45) is 1.68. The molecule has 0 aliphatic carbocycles. The Kier molecular flexibility index (Phi) is 5.50. The lowest BCUT2D eigenvalue weighted by molar-refractivity contribution is -0.142. The van der Waals surface area contributed by atoms with Gasteiger partial charge in [-0.15, -0.1) is 0 Å². The number of carbonyl (C=O) groups is 1. The van der Waals surface area contributed by atoms with E-state index in [1.165, 1.54) is 12.7 Å². The second-order valence-corrected chi connectivity index (χ2v) is 7.20. The van der Waals surface area contributed by atoms with E-state index in [0.717, 1.165) is 16.6 Å². The number of benzene rings is 1. The van der Waals surface area contributed by atoms with E-state index in [1.54, 1.807) is 0 Å². The average Bonchev–Trinajstić information content (AvgIpc) is 2.97. The molecule has 22 heavy (non-hydrogen) atoms. The van der Waals surface area contributed by atoms with Gasteiger partial charge in [0.15, 0.2) is 0 Å². The molecule has 0 saturated carbocycles. The van der Waals surface area contributed by atoms with Gasteiger partial charge in [0.05, 0.1) is 11.6 Å². The molecule has 0 unspecified atom stereocenters. The van der Waals surface area contributed by atoms with E-state index in [0.29, 0.717) is 13.0 Å². The Morgan fingerprint density at radius 3 is 2.77 bits per heavy atom. The first kappa shape index (κ1) is 17.3. The first-order valence-corrected chi connectivity index (χ1v) is 8.44.